The first-order chi connectivity index (χ1) is 13.2. The Labute approximate surface area is 166 Å². The zero-order valence-electron chi connectivity index (χ0n) is 17.4. The second kappa shape index (κ2) is 7.81. The van der Waals surface area contributed by atoms with E-state index >= 15 is 0 Å². The van der Waals surface area contributed by atoms with E-state index in [1.807, 2.05) is 50.7 Å². The van der Waals surface area contributed by atoms with E-state index in [0.29, 0.717) is 24.6 Å². The van der Waals surface area contributed by atoms with Crippen molar-refractivity contribution in [3.05, 3.63) is 29.5 Å². The molecule has 0 radical (unpaired) electrons. The van der Waals surface area contributed by atoms with E-state index in [1.54, 1.807) is 11.9 Å². The van der Waals surface area contributed by atoms with Crippen LogP contribution in [-0.4, -0.2) is 52.4 Å². The molecule has 1 aliphatic rings. The Morgan fingerprint density at radius 2 is 1.93 bits per heavy atom. The summed E-state index contributed by atoms with van der Waals surface area (Å²) in [5.41, 5.74) is 2.06. The summed E-state index contributed by atoms with van der Waals surface area (Å²) < 4.78 is 7.43. The fourth-order valence-electron chi connectivity index (χ4n) is 3.64. The molecule has 7 nitrogen and oxygen atoms in total. The van der Waals surface area contributed by atoms with Crippen molar-refractivity contribution >= 4 is 22.9 Å². The van der Waals surface area contributed by atoms with Crippen LogP contribution in [0.2, 0.25) is 0 Å². The fourth-order valence-corrected chi connectivity index (χ4v) is 3.64. The first-order valence-corrected chi connectivity index (χ1v) is 9.84. The topological polar surface area (TPSA) is 76.5 Å². The third-order valence-electron chi connectivity index (χ3n) is 5.19. The number of carbonyl (C=O) groups excluding carboxylic acids is 2. The van der Waals surface area contributed by atoms with E-state index in [1.165, 1.54) is 0 Å². The molecule has 7 heteroatoms. The molecule has 3 rings (SSSR count). The third-order valence-corrected chi connectivity index (χ3v) is 5.19. The van der Waals surface area contributed by atoms with Gasteiger partial charge in [0.05, 0.1) is 5.52 Å². The van der Waals surface area contributed by atoms with Gasteiger partial charge in [0.1, 0.15) is 5.60 Å². The van der Waals surface area contributed by atoms with Gasteiger partial charge in [-0.3, -0.25) is 9.48 Å². The summed E-state index contributed by atoms with van der Waals surface area (Å²) in [5.74, 6) is 0.383. The van der Waals surface area contributed by atoms with Crippen LogP contribution in [0.5, 0.6) is 0 Å². The largest absolute Gasteiger partial charge is 0.444 e. The molecule has 0 bridgehead atoms. The second-order valence-electron chi connectivity index (χ2n) is 8.51. The fraction of sp³-hybridized carbons (Fsp3) is 0.571. The minimum absolute atomic E-state index is 0.0818. The summed E-state index contributed by atoms with van der Waals surface area (Å²) in [7, 11) is 1.64. The van der Waals surface area contributed by atoms with E-state index in [4.69, 9.17) is 4.74 Å². The summed E-state index contributed by atoms with van der Waals surface area (Å²) in [6.07, 6.45) is 3.65. The number of fused-ring (bicyclic) bond motifs is 1. The molecule has 1 N–H and O–H groups in total. The number of hydrogen-bond donors (Lipinski definition) is 1. The highest BCUT2D eigenvalue weighted by atomic mass is 16.6. The van der Waals surface area contributed by atoms with Crippen LogP contribution in [-0.2, 0) is 11.3 Å². The number of aromatic nitrogens is 2. The summed E-state index contributed by atoms with van der Waals surface area (Å²) in [4.78, 5) is 26.0. The molecule has 1 aromatic heterocycles. The van der Waals surface area contributed by atoms with Crippen LogP contribution in [0, 0.1) is 12.8 Å². The number of ether oxygens (including phenoxy) is 1. The van der Waals surface area contributed by atoms with Gasteiger partial charge in [-0.05, 0) is 64.2 Å². The lowest BCUT2D eigenvalue weighted by Gasteiger charge is -2.33. The highest BCUT2D eigenvalue weighted by Gasteiger charge is 2.27. The van der Waals surface area contributed by atoms with Crippen molar-refractivity contribution in [2.75, 3.05) is 20.1 Å². The van der Waals surface area contributed by atoms with Gasteiger partial charge in [-0.2, -0.15) is 5.10 Å². The Morgan fingerprint density at radius 3 is 2.54 bits per heavy atom. The van der Waals surface area contributed by atoms with Gasteiger partial charge in [-0.25, -0.2) is 4.79 Å². The van der Waals surface area contributed by atoms with Crippen LogP contribution in [0.3, 0.4) is 0 Å². The summed E-state index contributed by atoms with van der Waals surface area (Å²) in [6.45, 7) is 9.84. The number of piperidine rings is 1. The van der Waals surface area contributed by atoms with Crippen LogP contribution >= 0.6 is 0 Å². The van der Waals surface area contributed by atoms with Crippen LogP contribution in [0.25, 0.3) is 10.9 Å². The molecule has 0 aliphatic carbocycles. The number of benzene rings is 1. The molecule has 0 spiro atoms. The van der Waals surface area contributed by atoms with E-state index < -0.39 is 5.60 Å². The number of amides is 2. The number of hydrogen-bond acceptors (Lipinski definition) is 4. The maximum Gasteiger partial charge on any atom is 0.410 e. The lowest BCUT2D eigenvalue weighted by molar-refractivity contribution is 0.0177. The number of aryl methyl sites for hydroxylation is 1. The van der Waals surface area contributed by atoms with Crippen molar-refractivity contribution in [3.63, 3.8) is 0 Å². The molecule has 1 fully saturated rings. The number of carbonyl (C=O) groups is 2. The molecule has 152 valence electrons. The molecule has 0 unspecified atom stereocenters. The molecule has 1 aliphatic heterocycles. The van der Waals surface area contributed by atoms with Gasteiger partial charge >= 0.3 is 6.09 Å². The Bertz CT molecular complexity index is 874. The molecule has 0 atom stereocenters. The molecular weight excluding hydrogens is 356 g/mol. The van der Waals surface area contributed by atoms with Gasteiger partial charge in [0.15, 0.2) is 0 Å². The maximum absolute atomic E-state index is 12.2. The van der Waals surface area contributed by atoms with E-state index in [9.17, 15) is 9.59 Å². The normalized spacial score (nSPS) is 15.7. The average molecular weight is 386 g/mol. The summed E-state index contributed by atoms with van der Waals surface area (Å²) in [5, 5.41) is 8.36. The quantitative estimate of drug-likeness (QED) is 0.878. The molecule has 2 aromatic rings. The second-order valence-corrected chi connectivity index (χ2v) is 8.51. The minimum Gasteiger partial charge on any atom is -0.444 e. The van der Waals surface area contributed by atoms with Crippen molar-refractivity contribution in [2.24, 2.45) is 5.92 Å². The molecule has 0 saturated carbocycles. The Morgan fingerprint density at radius 1 is 1.25 bits per heavy atom. The smallest absolute Gasteiger partial charge is 0.410 e. The molecule has 2 heterocycles. The number of nitrogens with zero attached hydrogens (tertiary/aromatic N) is 3. The van der Waals surface area contributed by atoms with Crippen molar-refractivity contribution < 1.29 is 14.3 Å². The van der Waals surface area contributed by atoms with Crippen LogP contribution in [0.4, 0.5) is 4.79 Å². The van der Waals surface area contributed by atoms with Gasteiger partial charge in [-0.15, -0.1) is 0 Å². The lowest BCUT2D eigenvalue weighted by Crippen LogP contribution is -2.42. The maximum atomic E-state index is 12.2. The number of rotatable bonds is 3. The SMILES string of the molecule is CNC(=O)c1ccc2nn(CC3CCN(C(=O)OC(C)(C)C)CC3)cc2c1C. The first-order valence-electron chi connectivity index (χ1n) is 9.84. The zero-order chi connectivity index (χ0) is 20.5. The van der Waals surface area contributed by atoms with Gasteiger partial charge in [0.2, 0.25) is 0 Å². The van der Waals surface area contributed by atoms with Gasteiger partial charge in [-0.1, -0.05) is 0 Å². The predicted octanol–water partition coefficient (Wildman–Crippen LogP) is 3.35. The van der Waals surface area contributed by atoms with Gasteiger partial charge in [0, 0.05) is 43.8 Å². The van der Waals surface area contributed by atoms with Crippen molar-refractivity contribution in [1.82, 2.24) is 20.0 Å². The number of likely N-dealkylation sites (tertiary alicyclic amines) is 1. The molecule has 28 heavy (non-hydrogen) atoms. The van der Waals surface area contributed by atoms with Gasteiger partial charge < -0.3 is 15.0 Å². The van der Waals surface area contributed by atoms with Crippen molar-refractivity contribution in [1.29, 1.82) is 0 Å². The lowest BCUT2D eigenvalue weighted by atomic mass is 9.97. The van der Waals surface area contributed by atoms with Crippen LogP contribution in [0.1, 0.15) is 49.5 Å². The zero-order valence-corrected chi connectivity index (χ0v) is 17.4. The van der Waals surface area contributed by atoms with E-state index in [-0.39, 0.29) is 12.0 Å². The van der Waals surface area contributed by atoms with Crippen molar-refractivity contribution in [3.8, 4) is 0 Å². The Hall–Kier alpha value is -2.57. The highest BCUT2D eigenvalue weighted by molar-refractivity contribution is 6.00. The minimum atomic E-state index is -0.464. The van der Waals surface area contributed by atoms with E-state index in [2.05, 4.69) is 10.4 Å². The van der Waals surface area contributed by atoms with Crippen LogP contribution in [0.15, 0.2) is 18.3 Å². The molecule has 1 saturated heterocycles. The first kappa shape index (κ1) is 20.2. The van der Waals surface area contributed by atoms with Gasteiger partial charge in [0.25, 0.3) is 5.91 Å². The number of nitrogens with one attached hydrogen (secondary N) is 1. The molecule has 2 amide bonds. The monoisotopic (exact) mass is 386 g/mol. The van der Waals surface area contributed by atoms with Crippen LogP contribution < -0.4 is 5.32 Å². The third kappa shape index (κ3) is 4.46. The average Bonchev–Trinajstić information content (AvgIpc) is 3.04. The Kier molecular flexibility index (Phi) is 5.63. The molecule has 1 aromatic carbocycles. The van der Waals surface area contributed by atoms with E-state index in [0.717, 1.165) is 35.9 Å². The Balaban J connectivity index is 1.64. The standard InChI is InChI=1S/C21H30N4O3/c1-14-16(19(26)22-5)6-7-18-17(14)13-25(23-18)12-15-8-10-24(11-9-15)20(27)28-21(2,3)4/h6-7,13,15H,8-12H2,1-5H3,(H,22,26). The predicted molar refractivity (Wildman–Crippen MR) is 108 cm³/mol. The summed E-state index contributed by atoms with van der Waals surface area (Å²) >= 11 is 0. The summed E-state index contributed by atoms with van der Waals surface area (Å²) in [6, 6.07) is 3.72. The van der Waals surface area contributed by atoms with Crippen molar-refractivity contribution in [2.45, 2.75) is 52.7 Å². The molecular formula is C21H30N4O3. The highest BCUT2D eigenvalue weighted by Crippen LogP contribution is 2.24.